The van der Waals surface area contributed by atoms with Crippen LogP contribution in [-0.2, 0) is 9.30 Å². The standard InChI is InChI=1S/C13H16N3O8P/c14-13-15-4-6-7(16-13)1-5(17)2-9(6)23-10-3-8(18)11(24-10)12(19)25(20,21)22/h1-2,4,8,10-12,17-19H,3H2,(H2,14,15,16)(H2,20,21,22)/t8-,10+,11-,12?/m0/s1. The van der Waals surface area contributed by atoms with Gasteiger partial charge >= 0.3 is 7.60 Å². The smallest absolute Gasteiger partial charge is 0.356 e. The Kier molecular flexibility index (Phi) is 4.54. The van der Waals surface area contributed by atoms with Crippen molar-refractivity contribution in [3.8, 4) is 11.5 Å². The third-order valence-electron chi connectivity index (χ3n) is 3.68. The number of nitrogens with two attached hydrogens (primary N) is 1. The molecule has 2 heterocycles. The van der Waals surface area contributed by atoms with E-state index in [9.17, 15) is 19.9 Å². The summed E-state index contributed by atoms with van der Waals surface area (Å²) in [6.45, 7) is 0. The second kappa shape index (κ2) is 6.37. The lowest BCUT2D eigenvalue weighted by atomic mass is 10.2. The van der Waals surface area contributed by atoms with E-state index in [2.05, 4.69) is 9.97 Å². The lowest BCUT2D eigenvalue weighted by Gasteiger charge is -2.21. The van der Waals surface area contributed by atoms with Crippen LogP contribution >= 0.6 is 7.60 Å². The molecule has 3 rings (SSSR count). The van der Waals surface area contributed by atoms with Gasteiger partial charge in [0.25, 0.3) is 0 Å². The first-order valence-electron chi connectivity index (χ1n) is 7.14. The van der Waals surface area contributed by atoms with Crippen LogP contribution in [0, 0.1) is 0 Å². The predicted octanol–water partition coefficient (Wildman–Crippen LogP) is -0.732. The summed E-state index contributed by atoms with van der Waals surface area (Å²) >= 11 is 0. The molecule has 1 aliphatic rings. The third kappa shape index (κ3) is 3.66. The molecule has 1 aromatic carbocycles. The second-order valence-electron chi connectivity index (χ2n) is 5.56. The minimum Gasteiger partial charge on any atom is -0.508 e. The van der Waals surface area contributed by atoms with E-state index in [0.717, 1.165) is 0 Å². The molecule has 2 aromatic rings. The van der Waals surface area contributed by atoms with Crippen molar-refractivity contribution in [2.75, 3.05) is 5.73 Å². The largest absolute Gasteiger partial charge is 0.508 e. The van der Waals surface area contributed by atoms with Gasteiger partial charge in [-0.1, -0.05) is 0 Å². The monoisotopic (exact) mass is 373 g/mol. The summed E-state index contributed by atoms with van der Waals surface area (Å²) in [5.74, 6) is -2.22. The molecule has 25 heavy (non-hydrogen) atoms. The lowest BCUT2D eigenvalue weighted by Crippen LogP contribution is -2.34. The maximum Gasteiger partial charge on any atom is 0.356 e. The van der Waals surface area contributed by atoms with Crippen molar-refractivity contribution in [2.24, 2.45) is 0 Å². The normalized spacial score (nSPS) is 25.2. The summed E-state index contributed by atoms with van der Waals surface area (Å²) in [5, 5.41) is 29.7. The van der Waals surface area contributed by atoms with Gasteiger partial charge in [0.05, 0.1) is 17.0 Å². The first kappa shape index (κ1) is 17.8. The number of phenolic OH excluding ortho intramolecular Hbond substituents is 1. The van der Waals surface area contributed by atoms with Crippen LogP contribution in [0.25, 0.3) is 10.9 Å². The van der Waals surface area contributed by atoms with Gasteiger partial charge < -0.3 is 40.3 Å². The molecule has 1 aliphatic heterocycles. The number of anilines is 1. The van der Waals surface area contributed by atoms with Crippen molar-refractivity contribution in [2.45, 2.75) is 30.8 Å². The van der Waals surface area contributed by atoms with Gasteiger partial charge in [0.2, 0.25) is 12.2 Å². The fourth-order valence-corrected chi connectivity index (χ4v) is 3.18. The fraction of sp³-hybridized carbons (Fsp3) is 0.385. The van der Waals surface area contributed by atoms with E-state index in [0.29, 0.717) is 10.9 Å². The molecule has 0 spiro atoms. The molecule has 0 amide bonds. The number of nitrogen functional groups attached to an aromatic ring is 1. The molecule has 0 saturated carbocycles. The Hall–Kier alpha value is -2.01. The Balaban J connectivity index is 1.84. The van der Waals surface area contributed by atoms with Gasteiger partial charge in [-0.3, -0.25) is 4.57 Å². The van der Waals surface area contributed by atoms with Crippen LogP contribution in [0.1, 0.15) is 6.42 Å². The number of fused-ring (bicyclic) bond motifs is 1. The van der Waals surface area contributed by atoms with Crippen molar-refractivity contribution in [3.05, 3.63) is 18.3 Å². The summed E-state index contributed by atoms with van der Waals surface area (Å²) in [5.41, 5.74) is 5.81. The van der Waals surface area contributed by atoms with E-state index in [-0.39, 0.29) is 23.9 Å². The zero-order valence-corrected chi connectivity index (χ0v) is 13.5. The SMILES string of the molecule is Nc1ncc2c(O[C@H]3C[C@H](O)[C@@H](C(O)P(=O)(O)O)O3)cc(O)cc2n1. The third-order valence-corrected chi connectivity index (χ3v) is 4.67. The van der Waals surface area contributed by atoms with Gasteiger partial charge in [-0.15, -0.1) is 0 Å². The predicted molar refractivity (Wildman–Crippen MR) is 83.6 cm³/mol. The number of aliphatic hydroxyl groups is 2. The van der Waals surface area contributed by atoms with Crippen LogP contribution in [0.4, 0.5) is 5.95 Å². The van der Waals surface area contributed by atoms with Crippen LogP contribution in [0.2, 0.25) is 0 Å². The number of aromatic nitrogens is 2. The number of hydrogen-bond donors (Lipinski definition) is 6. The maximum atomic E-state index is 11.1. The Morgan fingerprint density at radius 2 is 2.12 bits per heavy atom. The minimum absolute atomic E-state index is 0.00131. The highest BCUT2D eigenvalue weighted by Crippen LogP contribution is 2.45. The van der Waals surface area contributed by atoms with Crippen molar-refractivity contribution >= 4 is 24.4 Å². The molecule has 1 aromatic heterocycles. The molecule has 1 saturated heterocycles. The number of benzene rings is 1. The number of aliphatic hydroxyl groups excluding tert-OH is 2. The molecule has 0 radical (unpaired) electrons. The van der Waals surface area contributed by atoms with Gasteiger partial charge in [-0.25, -0.2) is 9.97 Å². The number of nitrogens with zero attached hydrogens (tertiary/aromatic N) is 2. The molecular formula is C13H16N3O8P. The van der Waals surface area contributed by atoms with Crippen LogP contribution in [-0.4, -0.2) is 59.4 Å². The van der Waals surface area contributed by atoms with Crippen molar-refractivity contribution in [1.29, 1.82) is 0 Å². The number of phenols is 1. The van der Waals surface area contributed by atoms with E-state index in [4.69, 9.17) is 25.0 Å². The van der Waals surface area contributed by atoms with Crippen LogP contribution in [0.15, 0.2) is 18.3 Å². The van der Waals surface area contributed by atoms with E-state index in [1.807, 2.05) is 0 Å². The Morgan fingerprint density at radius 1 is 1.40 bits per heavy atom. The topological polar surface area (TPSA) is 188 Å². The van der Waals surface area contributed by atoms with E-state index < -0.39 is 31.9 Å². The average molecular weight is 373 g/mol. The van der Waals surface area contributed by atoms with Crippen molar-refractivity contribution in [3.63, 3.8) is 0 Å². The Labute approximate surface area is 140 Å². The van der Waals surface area contributed by atoms with Crippen molar-refractivity contribution < 1.29 is 39.1 Å². The molecule has 7 N–H and O–H groups in total. The van der Waals surface area contributed by atoms with Crippen LogP contribution < -0.4 is 10.5 Å². The molecule has 136 valence electrons. The number of hydrogen-bond acceptors (Lipinski definition) is 9. The van der Waals surface area contributed by atoms with Gasteiger partial charge in [-0.2, -0.15) is 0 Å². The fourth-order valence-electron chi connectivity index (χ4n) is 2.53. The minimum atomic E-state index is -4.86. The maximum absolute atomic E-state index is 11.1. The molecule has 0 aliphatic carbocycles. The first-order chi connectivity index (χ1) is 11.6. The molecule has 4 atom stereocenters. The molecule has 1 unspecified atom stereocenters. The second-order valence-corrected chi connectivity index (χ2v) is 7.27. The highest BCUT2D eigenvalue weighted by Gasteiger charge is 2.46. The quantitative estimate of drug-likeness (QED) is 0.371. The number of ether oxygens (including phenoxy) is 2. The summed E-state index contributed by atoms with van der Waals surface area (Å²) < 4.78 is 21.9. The zero-order chi connectivity index (χ0) is 18.4. The highest BCUT2D eigenvalue weighted by atomic mass is 31.2. The average Bonchev–Trinajstić information content (AvgIpc) is 2.85. The summed E-state index contributed by atoms with van der Waals surface area (Å²) in [7, 11) is -4.86. The molecule has 0 bridgehead atoms. The molecule has 11 nitrogen and oxygen atoms in total. The summed E-state index contributed by atoms with van der Waals surface area (Å²) in [6, 6.07) is 2.62. The van der Waals surface area contributed by atoms with Crippen LogP contribution in [0.3, 0.4) is 0 Å². The highest BCUT2D eigenvalue weighted by molar-refractivity contribution is 7.52. The van der Waals surface area contributed by atoms with Gasteiger partial charge in [-0.05, 0) is 0 Å². The first-order valence-corrected chi connectivity index (χ1v) is 8.82. The Bertz CT molecular complexity index is 838. The summed E-state index contributed by atoms with van der Waals surface area (Å²) in [6.07, 6.45) is -2.73. The number of rotatable bonds is 4. The van der Waals surface area contributed by atoms with Crippen LogP contribution in [0.5, 0.6) is 11.5 Å². The van der Waals surface area contributed by atoms with E-state index in [1.54, 1.807) is 0 Å². The Morgan fingerprint density at radius 3 is 2.80 bits per heavy atom. The lowest BCUT2D eigenvalue weighted by molar-refractivity contribution is -0.104. The molecule has 1 fully saturated rings. The number of aromatic hydroxyl groups is 1. The molecule has 12 heteroatoms. The van der Waals surface area contributed by atoms with E-state index in [1.165, 1.54) is 18.3 Å². The zero-order valence-electron chi connectivity index (χ0n) is 12.6. The molecular weight excluding hydrogens is 357 g/mol. The summed E-state index contributed by atoms with van der Waals surface area (Å²) in [4.78, 5) is 25.8. The van der Waals surface area contributed by atoms with Crippen molar-refractivity contribution in [1.82, 2.24) is 9.97 Å². The van der Waals surface area contributed by atoms with E-state index >= 15 is 0 Å². The van der Waals surface area contributed by atoms with Gasteiger partial charge in [0.1, 0.15) is 17.6 Å². The van der Waals surface area contributed by atoms with Gasteiger partial charge in [0.15, 0.2) is 5.85 Å². The van der Waals surface area contributed by atoms with Gasteiger partial charge in [0, 0.05) is 24.8 Å².